The maximum Gasteiger partial charge on any atom is -0.0261 e. The van der Waals surface area contributed by atoms with E-state index in [4.69, 9.17) is 0 Å². The van der Waals surface area contributed by atoms with E-state index in [1.54, 1.807) is 12.8 Å². The van der Waals surface area contributed by atoms with Crippen LogP contribution in [0.3, 0.4) is 0 Å². The summed E-state index contributed by atoms with van der Waals surface area (Å²) in [5.41, 5.74) is 0.797. The second-order valence-corrected chi connectivity index (χ2v) is 5.99. The molecule has 3 rings (SSSR count). The first-order valence-corrected chi connectivity index (χ1v) is 5.63. The summed E-state index contributed by atoms with van der Waals surface area (Å²) in [7, 11) is 0. The predicted molar refractivity (Wildman–Crippen MR) is 50.8 cm³/mol. The Kier molecular flexibility index (Phi) is 1.18. The molecule has 0 aromatic carbocycles. The first-order valence-electron chi connectivity index (χ1n) is 5.63. The minimum Gasteiger partial charge on any atom is -0.0622 e. The summed E-state index contributed by atoms with van der Waals surface area (Å²) in [4.78, 5) is 0. The molecule has 0 heteroatoms. The Bertz CT molecular complexity index is 218. The quantitative estimate of drug-likeness (QED) is 0.515. The van der Waals surface area contributed by atoms with E-state index in [1.165, 1.54) is 6.42 Å². The van der Waals surface area contributed by atoms with Crippen LogP contribution >= 0.6 is 0 Å². The fourth-order valence-corrected chi connectivity index (χ4v) is 4.60. The zero-order valence-electron chi connectivity index (χ0n) is 8.51. The van der Waals surface area contributed by atoms with Gasteiger partial charge in [-0.05, 0) is 54.3 Å². The van der Waals surface area contributed by atoms with Gasteiger partial charge in [0.25, 0.3) is 0 Å². The van der Waals surface area contributed by atoms with Gasteiger partial charge in [-0.2, -0.15) is 0 Å². The van der Waals surface area contributed by atoms with Crippen molar-refractivity contribution in [3.05, 3.63) is 0 Å². The zero-order chi connectivity index (χ0) is 8.51. The van der Waals surface area contributed by atoms with Gasteiger partial charge in [-0.1, -0.05) is 20.8 Å². The van der Waals surface area contributed by atoms with E-state index >= 15 is 0 Å². The summed E-state index contributed by atoms with van der Waals surface area (Å²) in [6.07, 6.45) is 4.66. The number of hydrogen-bond acceptors (Lipinski definition) is 0. The molecule has 0 amide bonds. The van der Waals surface area contributed by atoms with Crippen molar-refractivity contribution in [2.24, 2.45) is 35.0 Å². The normalized spacial score (nSPS) is 67.8. The average Bonchev–Trinajstić information content (AvgIpc) is 2.56. The third-order valence-corrected chi connectivity index (χ3v) is 5.49. The van der Waals surface area contributed by atoms with Crippen LogP contribution in [0.15, 0.2) is 0 Å². The molecule has 0 nitrogen and oxygen atoms in total. The van der Waals surface area contributed by atoms with Gasteiger partial charge in [-0.3, -0.25) is 0 Å². The summed E-state index contributed by atoms with van der Waals surface area (Å²) < 4.78 is 0. The van der Waals surface area contributed by atoms with Gasteiger partial charge in [0.1, 0.15) is 0 Å². The largest absolute Gasteiger partial charge is 0.0622 e. The first kappa shape index (κ1) is 7.41. The molecule has 3 aliphatic rings. The lowest BCUT2D eigenvalue weighted by Gasteiger charge is -2.31. The lowest BCUT2D eigenvalue weighted by Crippen LogP contribution is -2.25. The third-order valence-electron chi connectivity index (χ3n) is 5.49. The Morgan fingerprint density at radius 1 is 1.08 bits per heavy atom. The molecule has 3 saturated carbocycles. The zero-order valence-corrected chi connectivity index (χ0v) is 8.51. The molecule has 0 N–H and O–H groups in total. The maximum absolute atomic E-state index is 2.55. The summed E-state index contributed by atoms with van der Waals surface area (Å²) in [6.45, 7) is 7.55. The van der Waals surface area contributed by atoms with Crippen LogP contribution in [-0.2, 0) is 0 Å². The van der Waals surface area contributed by atoms with Gasteiger partial charge < -0.3 is 0 Å². The Labute approximate surface area is 75.7 Å². The maximum atomic E-state index is 2.55. The number of fused-ring (bicyclic) bond motifs is 4. The molecular formula is C12H20. The van der Waals surface area contributed by atoms with Crippen LogP contribution < -0.4 is 0 Å². The van der Waals surface area contributed by atoms with Crippen molar-refractivity contribution in [2.45, 2.75) is 40.0 Å². The van der Waals surface area contributed by atoms with E-state index in [0.29, 0.717) is 0 Å². The SMILES string of the molecule is CC1CC2CC1C1(C)CC1C2C. The van der Waals surface area contributed by atoms with Crippen LogP contribution in [0, 0.1) is 35.0 Å². The Balaban J connectivity index is 1.97. The summed E-state index contributed by atoms with van der Waals surface area (Å²) in [6, 6.07) is 0. The van der Waals surface area contributed by atoms with Crippen LogP contribution in [-0.4, -0.2) is 0 Å². The summed E-state index contributed by atoms with van der Waals surface area (Å²) in [5, 5.41) is 0. The van der Waals surface area contributed by atoms with Gasteiger partial charge in [0.05, 0.1) is 0 Å². The molecule has 0 spiro atoms. The Morgan fingerprint density at radius 3 is 2.58 bits per heavy atom. The van der Waals surface area contributed by atoms with Crippen LogP contribution in [0.25, 0.3) is 0 Å². The van der Waals surface area contributed by atoms with Crippen LogP contribution in [0.1, 0.15) is 40.0 Å². The molecule has 0 aromatic heterocycles. The average molecular weight is 164 g/mol. The molecule has 0 radical (unpaired) electrons. The smallest absolute Gasteiger partial charge is 0.0261 e. The van der Waals surface area contributed by atoms with E-state index in [2.05, 4.69) is 20.8 Å². The van der Waals surface area contributed by atoms with E-state index in [-0.39, 0.29) is 0 Å². The highest BCUT2D eigenvalue weighted by atomic mass is 14.7. The van der Waals surface area contributed by atoms with Gasteiger partial charge >= 0.3 is 0 Å². The van der Waals surface area contributed by atoms with Crippen molar-refractivity contribution in [3.8, 4) is 0 Å². The van der Waals surface area contributed by atoms with Crippen molar-refractivity contribution >= 4 is 0 Å². The van der Waals surface area contributed by atoms with Gasteiger partial charge in [0, 0.05) is 0 Å². The van der Waals surface area contributed by atoms with Crippen molar-refractivity contribution in [1.82, 2.24) is 0 Å². The lowest BCUT2D eigenvalue weighted by molar-refractivity contribution is 0.173. The molecule has 0 aliphatic heterocycles. The highest BCUT2D eigenvalue weighted by Crippen LogP contribution is 2.72. The molecular weight excluding hydrogens is 144 g/mol. The highest BCUT2D eigenvalue weighted by Gasteiger charge is 2.65. The van der Waals surface area contributed by atoms with Gasteiger partial charge in [0.15, 0.2) is 0 Å². The predicted octanol–water partition coefficient (Wildman–Crippen LogP) is 3.32. The fourth-order valence-electron chi connectivity index (χ4n) is 4.60. The summed E-state index contributed by atoms with van der Waals surface area (Å²) in [5.74, 6) is 5.41. The standard InChI is InChI=1S/C12H20/c1-7-4-9-5-10(7)12(3)6-11(12)8(9)2/h7-11H,4-6H2,1-3H3. The van der Waals surface area contributed by atoms with E-state index < -0.39 is 0 Å². The van der Waals surface area contributed by atoms with Crippen molar-refractivity contribution < 1.29 is 0 Å². The molecule has 2 bridgehead atoms. The van der Waals surface area contributed by atoms with E-state index in [9.17, 15) is 0 Å². The monoisotopic (exact) mass is 164 g/mol. The van der Waals surface area contributed by atoms with Gasteiger partial charge in [0.2, 0.25) is 0 Å². The first-order chi connectivity index (χ1) is 5.63. The lowest BCUT2D eigenvalue weighted by atomic mass is 9.74. The van der Waals surface area contributed by atoms with Crippen molar-refractivity contribution in [3.63, 3.8) is 0 Å². The molecule has 12 heavy (non-hydrogen) atoms. The van der Waals surface area contributed by atoms with E-state index in [1.807, 2.05) is 0 Å². The molecule has 3 fully saturated rings. The minimum atomic E-state index is 0.797. The van der Waals surface area contributed by atoms with Gasteiger partial charge in [-0.15, -0.1) is 0 Å². The Morgan fingerprint density at radius 2 is 1.83 bits per heavy atom. The number of hydrogen-bond donors (Lipinski definition) is 0. The van der Waals surface area contributed by atoms with E-state index in [0.717, 1.165) is 35.0 Å². The second-order valence-electron chi connectivity index (χ2n) is 5.99. The highest BCUT2D eigenvalue weighted by molar-refractivity contribution is 5.13. The van der Waals surface area contributed by atoms with Crippen LogP contribution in [0.4, 0.5) is 0 Å². The molecule has 6 atom stereocenters. The third kappa shape index (κ3) is 0.661. The van der Waals surface area contributed by atoms with Gasteiger partial charge in [-0.25, -0.2) is 0 Å². The van der Waals surface area contributed by atoms with Crippen molar-refractivity contribution in [1.29, 1.82) is 0 Å². The fraction of sp³-hybridized carbons (Fsp3) is 1.00. The topological polar surface area (TPSA) is 0 Å². The van der Waals surface area contributed by atoms with Crippen LogP contribution in [0.2, 0.25) is 0 Å². The minimum absolute atomic E-state index is 0.797. The Hall–Kier alpha value is 0. The molecule has 0 saturated heterocycles. The molecule has 3 aliphatic carbocycles. The molecule has 6 unspecified atom stereocenters. The number of rotatable bonds is 0. The molecule has 0 aromatic rings. The summed E-state index contributed by atoms with van der Waals surface area (Å²) >= 11 is 0. The molecule has 0 heterocycles. The van der Waals surface area contributed by atoms with Crippen LogP contribution in [0.5, 0.6) is 0 Å². The van der Waals surface area contributed by atoms with Crippen molar-refractivity contribution in [2.75, 3.05) is 0 Å². The molecule has 68 valence electrons. The second kappa shape index (κ2) is 1.91.